The van der Waals surface area contributed by atoms with Gasteiger partial charge >= 0.3 is 5.97 Å². The van der Waals surface area contributed by atoms with E-state index in [0.717, 1.165) is 30.1 Å². The van der Waals surface area contributed by atoms with Gasteiger partial charge in [-0.05, 0) is 80.5 Å². The third-order valence-electron chi connectivity index (χ3n) is 8.80. The fourth-order valence-electron chi connectivity index (χ4n) is 7.64. The molecule has 5 unspecified atom stereocenters. The summed E-state index contributed by atoms with van der Waals surface area (Å²) in [7, 11) is 0. The molecule has 4 aliphatic rings. The minimum atomic E-state index is -0.0815. The van der Waals surface area contributed by atoms with E-state index >= 15 is 0 Å². The molecule has 7 atom stereocenters. The Morgan fingerprint density at radius 2 is 1.65 bits per heavy atom. The van der Waals surface area contributed by atoms with Crippen LogP contribution in [0.5, 0.6) is 0 Å². The highest BCUT2D eigenvalue weighted by Gasteiger charge is 2.60. The van der Waals surface area contributed by atoms with Crippen LogP contribution in [-0.4, -0.2) is 12.1 Å². The molecule has 0 N–H and O–H groups in total. The molecule has 0 aliphatic heterocycles. The molecular formula is C21H34O2. The maximum Gasteiger partial charge on any atom is 0.302 e. The van der Waals surface area contributed by atoms with Crippen LogP contribution in [0.2, 0.25) is 0 Å². The van der Waals surface area contributed by atoms with Crippen LogP contribution in [0.1, 0.15) is 85.0 Å². The number of esters is 1. The van der Waals surface area contributed by atoms with Gasteiger partial charge in [0.2, 0.25) is 0 Å². The number of carbonyl (C=O) groups is 1. The minimum absolute atomic E-state index is 0.0815. The molecule has 0 aromatic heterocycles. The second kappa shape index (κ2) is 5.49. The van der Waals surface area contributed by atoms with Crippen molar-refractivity contribution in [1.82, 2.24) is 0 Å². The monoisotopic (exact) mass is 318 g/mol. The molecule has 0 spiro atoms. The van der Waals surface area contributed by atoms with Crippen LogP contribution in [0.15, 0.2) is 0 Å². The molecule has 4 rings (SSSR count). The highest BCUT2D eigenvalue weighted by atomic mass is 16.5. The minimum Gasteiger partial charge on any atom is -0.462 e. The number of carbonyl (C=O) groups excluding carboxylic acids is 1. The molecule has 0 saturated heterocycles. The predicted octanol–water partition coefficient (Wildman–Crippen LogP) is 5.35. The third-order valence-corrected chi connectivity index (χ3v) is 8.80. The topological polar surface area (TPSA) is 26.3 Å². The van der Waals surface area contributed by atoms with Crippen molar-refractivity contribution >= 4 is 5.97 Å². The molecule has 0 amide bonds. The Hall–Kier alpha value is -0.530. The van der Waals surface area contributed by atoms with Crippen molar-refractivity contribution in [2.75, 3.05) is 0 Å². The van der Waals surface area contributed by atoms with E-state index in [1.165, 1.54) is 57.8 Å². The van der Waals surface area contributed by atoms with E-state index in [9.17, 15) is 4.79 Å². The fraction of sp³-hybridized carbons (Fsp3) is 0.952. The van der Waals surface area contributed by atoms with Crippen LogP contribution in [0.25, 0.3) is 0 Å². The van der Waals surface area contributed by atoms with Crippen molar-refractivity contribution in [3.63, 3.8) is 0 Å². The van der Waals surface area contributed by atoms with Gasteiger partial charge in [0, 0.05) is 12.3 Å². The lowest BCUT2D eigenvalue weighted by Gasteiger charge is -2.60. The maximum absolute atomic E-state index is 11.5. The second-order valence-corrected chi connectivity index (χ2v) is 9.62. The summed E-state index contributed by atoms with van der Waals surface area (Å²) in [5.74, 6) is 3.55. The summed E-state index contributed by atoms with van der Waals surface area (Å²) in [4.78, 5) is 11.5. The van der Waals surface area contributed by atoms with E-state index in [4.69, 9.17) is 4.74 Å². The molecule has 2 nitrogen and oxygen atoms in total. The second-order valence-electron chi connectivity index (χ2n) is 9.62. The molecule has 0 aromatic carbocycles. The van der Waals surface area contributed by atoms with Gasteiger partial charge in [-0.25, -0.2) is 0 Å². The van der Waals surface area contributed by atoms with Crippen molar-refractivity contribution < 1.29 is 9.53 Å². The Morgan fingerprint density at radius 1 is 0.870 bits per heavy atom. The number of ether oxygens (including phenoxy) is 1. The van der Waals surface area contributed by atoms with Gasteiger partial charge in [-0.3, -0.25) is 4.79 Å². The standard InChI is InChI=1S/C21H34O2/c1-14(22)23-19-10-9-17-16-8-7-15-6-4-5-12-20(15,2)18(16)11-13-21(17,19)3/h15-19H,4-13H2,1-3H3/t15-,16?,17?,18?,19-,20?,21?/m1/s1. The molecule has 0 radical (unpaired) electrons. The summed E-state index contributed by atoms with van der Waals surface area (Å²) < 4.78 is 5.76. The Bertz CT molecular complexity index is 486. The lowest BCUT2D eigenvalue weighted by atomic mass is 9.45. The summed E-state index contributed by atoms with van der Waals surface area (Å²) in [6, 6.07) is 0. The van der Waals surface area contributed by atoms with Crippen LogP contribution in [0, 0.1) is 34.5 Å². The first kappa shape index (κ1) is 16.0. The Balaban J connectivity index is 1.59. The first-order valence-electron chi connectivity index (χ1n) is 10.1. The van der Waals surface area contributed by atoms with Crippen molar-refractivity contribution in [2.24, 2.45) is 34.5 Å². The van der Waals surface area contributed by atoms with E-state index in [-0.39, 0.29) is 17.5 Å². The molecule has 2 heteroatoms. The highest BCUT2D eigenvalue weighted by molar-refractivity contribution is 5.66. The van der Waals surface area contributed by atoms with Crippen molar-refractivity contribution in [2.45, 2.75) is 91.1 Å². The zero-order valence-corrected chi connectivity index (χ0v) is 15.3. The summed E-state index contributed by atoms with van der Waals surface area (Å²) in [6.07, 6.45) is 14.0. The molecule has 4 aliphatic carbocycles. The summed E-state index contributed by atoms with van der Waals surface area (Å²) in [5.41, 5.74) is 0.868. The average Bonchev–Trinajstić information content (AvgIpc) is 2.83. The van der Waals surface area contributed by atoms with E-state index in [2.05, 4.69) is 13.8 Å². The molecular weight excluding hydrogens is 284 g/mol. The molecule has 130 valence electrons. The van der Waals surface area contributed by atoms with E-state index < -0.39 is 0 Å². The number of hydrogen-bond donors (Lipinski definition) is 0. The first-order valence-corrected chi connectivity index (χ1v) is 10.1. The lowest BCUT2D eigenvalue weighted by molar-refractivity contribution is -0.161. The van der Waals surface area contributed by atoms with Crippen molar-refractivity contribution in [3.05, 3.63) is 0 Å². The smallest absolute Gasteiger partial charge is 0.302 e. The van der Waals surface area contributed by atoms with E-state index in [1.54, 1.807) is 6.92 Å². The summed E-state index contributed by atoms with van der Waals surface area (Å²) >= 11 is 0. The number of hydrogen-bond acceptors (Lipinski definition) is 2. The molecule has 4 saturated carbocycles. The van der Waals surface area contributed by atoms with Gasteiger partial charge in [0.25, 0.3) is 0 Å². The van der Waals surface area contributed by atoms with Crippen LogP contribution in [0.3, 0.4) is 0 Å². The van der Waals surface area contributed by atoms with Gasteiger partial charge in [-0.15, -0.1) is 0 Å². The fourth-order valence-corrected chi connectivity index (χ4v) is 7.64. The SMILES string of the molecule is CC(=O)O[C@@H]1CCC2C3CC[C@H]4CCCCC4(C)C3CCC21C. The normalized spacial score (nSPS) is 52.2. The zero-order chi connectivity index (χ0) is 16.2. The molecule has 23 heavy (non-hydrogen) atoms. The van der Waals surface area contributed by atoms with Gasteiger partial charge in [-0.2, -0.15) is 0 Å². The van der Waals surface area contributed by atoms with E-state index in [0.29, 0.717) is 5.41 Å². The van der Waals surface area contributed by atoms with Gasteiger partial charge in [0.15, 0.2) is 0 Å². The van der Waals surface area contributed by atoms with Crippen molar-refractivity contribution in [3.8, 4) is 0 Å². The number of rotatable bonds is 1. The van der Waals surface area contributed by atoms with Gasteiger partial charge in [0.1, 0.15) is 6.10 Å². The maximum atomic E-state index is 11.5. The van der Waals surface area contributed by atoms with Gasteiger partial charge < -0.3 is 4.74 Å². The Labute approximate surface area is 141 Å². The first-order chi connectivity index (χ1) is 10.9. The quantitative estimate of drug-likeness (QED) is 0.609. The highest BCUT2D eigenvalue weighted by Crippen LogP contribution is 2.66. The number of fused-ring (bicyclic) bond motifs is 5. The Kier molecular flexibility index (Phi) is 3.81. The average molecular weight is 319 g/mol. The lowest BCUT2D eigenvalue weighted by Crippen LogP contribution is -2.53. The molecule has 4 fully saturated rings. The summed E-state index contributed by atoms with van der Waals surface area (Å²) in [5, 5.41) is 0. The predicted molar refractivity (Wildman–Crippen MR) is 91.9 cm³/mol. The van der Waals surface area contributed by atoms with E-state index in [1.807, 2.05) is 0 Å². The van der Waals surface area contributed by atoms with Crippen LogP contribution in [0.4, 0.5) is 0 Å². The summed E-state index contributed by atoms with van der Waals surface area (Å²) in [6.45, 7) is 6.65. The molecule has 0 heterocycles. The largest absolute Gasteiger partial charge is 0.462 e. The van der Waals surface area contributed by atoms with Crippen LogP contribution in [-0.2, 0) is 9.53 Å². The molecule has 0 aromatic rings. The van der Waals surface area contributed by atoms with Crippen LogP contribution < -0.4 is 0 Å². The van der Waals surface area contributed by atoms with Crippen molar-refractivity contribution in [1.29, 1.82) is 0 Å². The Morgan fingerprint density at radius 3 is 2.43 bits per heavy atom. The van der Waals surface area contributed by atoms with Crippen LogP contribution >= 0.6 is 0 Å². The zero-order valence-electron chi connectivity index (χ0n) is 15.3. The van der Waals surface area contributed by atoms with Gasteiger partial charge in [0.05, 0.1) is 0 Å². The molecule has 0 bridgehead atoms. The third kappa shape index (κ3) is 2.30. The van der Waals surface area contributed by atoms with Gasteiger partial charge in [-0.1, -0.05) is 26.7 Å².